The molecule has 2 fully saturated rings. The molecule has 2 heterocycles. The molecule has 0 bridgehead atoms. The lowest BCUT2D eigenvalue weighted by molar-refractivity contribution is -0.0500. The van der Waals surface area contributed by atoms with Crippen LogP contribution in [0.3, 0.4) is 0 Å². The molecule has 0 saturated carbocycles. The van der Waals surface area contributed by atoms with E-state index >= 15 is 0 Å². The van der Waals surface area contributed by atoms with Crippen molar-refractivity contribution in [3.63, 3.8) is 0 Å². The summed E-state index contributed by atoms with van der Waals surface area (Å²) in [5, 5.41) is 0. The highest BCUT2D eigenvalue weighted by atomic mass is 32.2. The van der Waals surface area contributed by atoms with Crippen LogP contribution in [0.25, 0.3) is 0 Å². The van der Waals surface area contributed by atoms with Gasteiger partial charge in [-0.05, 0) is 12.8 Å². The fraction of sp³-hybridized carbons (Fsp3) is 1.00. The second-order valence-corrected chi connectivity index (χ2v) is 6.36. The number of piperidine rings is 1. The zero-order valence-electron chi connectivity index (χ0n) is 9.69. The molecule has 9 heteroatoms. The molecule has 0 aliphatic carbocycles. The van der Waals surface area contributed by atoms with Crippen LogP contribution >= 0.6 is 0 Å². The predicted octanol–water partition coefficient (Wildman–Crippen LogP) is 0.590. The third kappa shape index (κ3) is 2.63. The van der Waals surface area contributed by atoms with Gasteiger partial charge < -0.3 is 4.74 Å². The minimum Gasteiger partial charge on any atom is -0.365 e. The van der Waals surface area contributed by atoms with E-state index in [1.807, 2.05) is 4.90 Å². The Balaban J connectivity index is 1.94. The molecule has 106 valence electrons. The number of hydrogen-bond donors (Lipinski definition) is 0. The van der Waals surface area contributed by atoms with Gasteiger partial charge in [0.15, 0.2) is 0 Å². The van der Waals surface area contributed by atoms with E-state index in [9.17, 15) is 21.6 Å². The smallest absolute Gasteiger partial charge is 0.365 e. The molecule has 0 aromatic carbocycles. The third-order valence-corrected chi connectivity index (χ3v) is 4.98. The first-order valence-electron chi connectivity index (χ1n) is 5.70. The number of hydrogen-bond acceptors (Lipinski definition) is 4. The van der Waals surface area contributed by atoms with Crippen LogP contribution in [0.5, 0.6) is 0 Å². The number of alkyl halides is 3. The van der Waals surface area contributed by atoms with Gasteiger partial charge in [0.05, 0.1) is 13.3 Å². The maximum Gasteiger partial charge on any atom is 0.511 e. The van der Waals surface area contributed by atoms with Crippen molar-refractivity contribution in [1.29, 1.82) is 0 Å². The Bertz CT molecular complexity index is 384. The first-order chi connectivity index (χ1) is 8.32. The monoisotopic (exact) mass is 288 g/mol. The first kappa shape index (κ1) is 14.0. The Morgan fingerprint density at radius 2 is 1.72 bits per heavy atom. The van der Waals surface area contributed by atoms with Gasteiger partial charge in [0.2, 0.25) is 0 Å². The van der Waals surface area contributed by atoms with Crippen molar-refractivity contribution in [2.75, 3.05) is 33.0 Å². The highest BCUT2D eigenvalue weighted by Crippen LogP contribution is 2.30. The topological polar surface area (TPSA) is 49.9 Å². The normalized spacial score (nSPS) is 25.7. The molecule has 5 nitrogen and oxygen atoms in total. The van der Waals surface area contributed by atoms with Gasteiger partial charge in [-0.3, -0.25) is 4.90 Å². The van der Waals surface area contributed by atoms with E-state index in [0.717, 1.165) is 6.54 Å². The van der Waals surface area contributed by atoms with Crippen molar-refractivity contribution in [1.82, 2.24) is 9.21 Å². The third-order valence-electron chi connectivity index (χ3n) is 3.35. The second-order valence-electron chi connectivity index (χ2n) is 4.43. The maximum absolute atomic E-state index is 12.4. The highest BCUT2D eigenvalue weighted by Gasteiger charge is 2.50. The van der Waals surface area contributed by atoms with Crippen LogP contribution in [-0.2, 0) is 14.8 Å². The average molecular weight is 288 g/mol. The Morgan fingerprint density at radius 3 is 2.17 bits per heavy atom. The van der Waals surface area contributed by atoms with Crippen LogP contribution in [0.4, 0.5) is 13.2 Å². The van der Waals surface area contributed by atoms with E-state index in [2.05, 4.69) is 0 Å². The largest absolute Gasteiger partial charge is 0.511 e. The van der Waals surface area contributed by atoms with Crippen LogP contribution < -0.4 is 0 Å². The molecular formula is C9H15F3N2O3S. The molecule has 0 aromatic heterocycles. The summed E-state index contributed by atoms with van der Waals surface area (Å²) in [5.41, 5.74) is -5.20. The average Bonchev–Trinajstić information content (AvgIpc) is 2.81. The number of halogens is 3. The summed E-state index contributed by atoms with van der Waals surface area (Å²) >= 11 is 0. The van der Waals surface area contributed by atoms with Gasteiger partial charge in [-0.2, -0.15) is 17.5 Å². The molecule has 0 radical (unpaired) electrons. The number of rotatable bonds is 2. The van der Waals surface area contributed by atoms with E-state index in [-0.39, 0.29) is 19.1 Å². The summed E-state index contributed by atoms with van der Waals surface area (Å²) in [7, 11) is -5.16. The van der Waals surface area contributed by atoms with Crippen LogP contribution in [-0.4, -0.2) is 62.1 Å². The molecule has 18 heavy (non-hydrogen) atoms. The molecule has 0 unspecified atom stereocenters. The summed E-state index contributed by atoms with van der Waals surface area (Å²) in [5.74, 6) is 0. The first-order valence-corrected chi connectivity index (χ1v) is 7.14. The molecule has 2 aliphatic heterocycles. The Morgan fingerprint density at radius 1 is 1.11 bits per heavy atom. The van der Waals surface area contributed by atoms with Crippen molar-refractivity contribution in [3.05, 3.63) is 0 Å². The lowest BCUT2D eigenvalue weighted by Crippen LogP contribution is -2.49. The molecule has 2 rings (SSSR count). The van der Waals surface area contributed by atoms with Gasteiger partial charge >= 0.3 is 15.5 Å². The van der Waals surface area contributed by atoms with Crippen LogP contribution in [0.1, 0.15) is 12.8 Å². The maximum atomic E-state index is 12.4. The Labute approximate surface area is 104 Å². The van der Waals surface area contributed by atoms with Gasteiger partial charge in [-0.1, -0.05) is 0 Å². The Hall–Kier alpha value is -0.380. The highest BCUT2D eigenvalue weighted by molar-refractivity contribution is 7.90. The van der Waals surface area contributed by atoms with E-state index in [4.69, 9.17) is 4.74 Å². The minimum absolute atomic E-state index is 0.0803. The molecule has 0 aromatic rings. The molecule has 0 N–H and O–H groups in total. The predicted molar refractivity (Wildman–Crippen MR) is 57.1 cm³/mol. The molecule has 2 saturated heterocycles. The zero-order valence-corrected chi connectivity index (χ0v) is 10.5. The SMILES string of the molecule is O=S(=O)(N1CCC(N2CCOC2)CC1)C(F)(F)F. The molecule has 2 aliphatic rings. The second kappa shape index (κ2) is 4.95. The van der Waals surface area contributed by atoms with Crippen LogP contribution in [0.15, 0.2) is 0 Å². The fourth-order valence-electron chi connectivity index (χ4n) is 2.31. The summed E-state index contributed by atoms with van der Waals surface area (Å²) in [6.07, 6.45) is 0.831. The lowest BCUT2D eigenvalue weighted by Gasteiger charge is -2.35. The van der Waals surface area contributed by atoms with Crippen LogP contribution in [0, 0.1) is 0 Å². The van der Waals surface area contributed by atoms with Crippen molar-refractivity contribution in [3.8, 4) is 0 Å². The van der Waals surface area contributed by atoms with E-state index in [1.165, 1.54) is 0 Å². The van der Waals surface area contributed by atoms with Gasteiger partial charge in [0, 0.05) is 25.7 Å². The van der Waals surface area contributed by atoms with E-state index in [0.29, 0.717) is 30.5 Å². The summed E-state index contributed by atoms with van der Waals surface area (Å²) in [4.78, 5) is 2.04. The number of ether oxygens (including phenoxy) is 1. The molecule has 0 amide bonds. The number of sulfonamides is 1. The molecule has 0 spiro atoms. The summed E-state index contributed by atoms with van der Waals surface area (Å²) < 4.78 is 65.2. The minimum atomic E-state index is -5.20. The van der Waals surface area contributed by atoms with E-state index < -0.39 is 15.5 Å². The quantitative estimate of drug-likeness (QED) is 0.746. The van der Waals surface area contributed by atoms with Crippen molar-refractivity contribution >= 4 is 10.0 Å². The zero-order chi connectivity index (χ0) is 13.4. The van der Waals surface area contributed by atoms with Crippen molar-refractivity contribution < 1.29 is 26.3 Å². The van der Waals surface area contributed by atoms with Crippen molar-refractivity contribution in [2.24, 2.45) is 0 Å². The van der Waals surface area contributed by atoms with E-state index in [1.54, 1.807) is 0 Å². The standard InChI is InChI=1S/C9H15F3N2O3S/c10-9(11,12)18(15,16)14-3-1-8(2-4-14)13-5-6-17-7-13/h8H,1-7H2. The van der Waals surface area contributed by atoms with Crippen LogP contribution in [0.2, 0.25) is 0 Å². The number of nitrogens with zero attached hydrogens (tertiary/aromatic N) is 2. The summed E-state index contributed by atoms with van der Waals surface area (Å²) in [6, 6.07) is 0.118. The molecular weight excluding hydrogens is 273 g/mol. The van der Waals surface area contributed by atoms with Gasteiger partial charge in [0.25, 0.3) is 0 Å². The molecule has 0 atom stereocenters. The van der Waals surface area contributed by atoms with Gasteiger partial charge in [-0.25, -0.2) is 8.42 Å². The Kier molecular flexibility index (Phi) is 3.86. The fourth-order valence-corrected chi connectivity index (χ4v) is 3.29. The lowest BCUT2D eigenvalue weighted by atomic mass is 10.1. The van der Waals surface area contributed by atoms with Crippen molar-refractivity contribution in [2.45, 2.75) is 24.4 Å². The van der Waals surface area contributed by atoms with Gasteiger partial charge in [-0.15, -0.1) is 0 Å². The van der Waals surface area contributed by atoms with Gasteiger partial charge in [0.1, 0.15) is 0 Å². The summed E-state index contributed by atoms with van der Waals surface area (Å²) in [6.45, 7) is 1.71.